The molecule has 2 saturated heterocycles. The Kier molecular flexibility index (Phi) is 10.5. The number of carboxylic acid groups (broad SMARTS) is 1. The molecule has 5 aliphatic rings. The Hall–Kier alpha value is -4.34. The van der Waals surface area contributed by atoms with Crippen LogP contribution in [0.4, 0.5) is 0 Å². The van der Waals surface area contributed by atoms with Crippen molar-refractivity contribution < 1.29 is 64.3 Å². The molecule has 3 aliphatic heterocycles. The van der Waals surface area contributed by atoms with Gasteiger partial charge in [0.15, 0.2) is 5.78 Å². The first-order valence-corrected chi connectivity index (χ1v) is 19.7. The molecule has 13 heteroatoms. The highest BCUT2D eigenvalue weighted by atomic mass is 16.7. The zero-order valence-corrected chi connectivity index (χ0v) is 32.0. The number of carbonyl (C=O) groups excluding carboxylic acids is 1. The van der Waals surface area contributed by atoms with Crippen LogP contribution in [-0.4, -0.2) is 111 Å². The summed E-state index contributed by atoms with van der Waals surface area (Å²) in [7, 11) is 0. The lowest BCUT2D eigenvalue weighted by molar-refractivity contribution is -0.325. The largest absolute Gasteiger partial charge is 0.507 e. The molecular formula is C44H50O13. The minimum absolute atomic E-state index is 0.00418. The highest BCUT2D eigenvalue weighted by molar-refractivity contribution is 6.11. The molecule has 8 rings (SSSR count). The van der Waals surface area contributed by atoms with Crippen molar-refractivity contribution in [2.75, 3.05) is 33.0 Å². The summed E-state index contributed by atoms with van der Waals surface area (Å²) in [5.74, 6) is -3.09. The third kappa shape index (κ3) is 6.26. The molecule has 3 fully saturated rings. The van der Waals surface area contributed by atoms with E-state index in [-0.39, 0.29) is 82.4 Å². The molecule has 9 atom stereocenters. The van der Waals surface area contributed by atoms with Crippen LogP contribution in [0.15, 0.2) is 65.3 Å². The molecule has 2 aliphatic carbocycles. The molecule has 0 radical (unpaired) electrons. The van der Waals surface area contributed by atoms with Gasteiger partial charge in [0.05, 0.1) is 36.3 Å². The number of carboxylic acids is 1. The molecule has 1 spiro atoms. The molecule has 57 heavy (non-hydrogen) atoms. The second-order valence-corrected chi connectivity index (χ2v) is 16.4. The Labute approximate surface area is 329 Å². The number of carbonyl (C=O) groups is 2. The number of aliphatic hydroxyl groups is 4. The number of aromatic hydroxyl groups is 2. The van der Waals surface area contributed by atoms with Gasteiger partial charge in [-0.1, -0.05) is 43.3 Å². The molecule has 7 N–H and O–H groups in total. The van der Waals surface area contributed by atoms with Crippen molar-refractivity contribution in [3.05, 3.63) is 87.5 Å². The van der Waals surface area contributed by atoms with Gasteiger partial charge in [-0.3, -0.25) is 4.79 Å². The van der Waals surface area contributed by atoms with Crippen LogP contribution < -0.4 is 4.74 Å². The van der Waals surface area contributed by atoms with Crippen LogP contribution in [0.25, 0.3) is 10.8 Å². The van der Waals surface area contributed by atoms with Crippen molar-refractivity contribution in [1.29, 1.82) is 0 Å². The summed E-state index contributed by atoms with van der Waals surface area (Å²) in [5.41, 5.74) is 1.81. The van der Waals surface area contributed by atoms with Gasteiger partial charge in [-0.15, -0.1) is 0 Å². The lowest BCUT2D eigenvalue weighted by Crippen LogP contribution is -2.69. The van der Waals surface area contributed by atoms with Gasteiger partial charge in [0.1, 0.15) is 41.2 Å². The van der Waals surface area contributed by atoms with E-state index in [1.807, 2.05) is 30.3 Å². The van der Waals surface area contributed by atoms with Crippen LogP contribution in [0.3, 0.4) is 0 Å². The molecule has 3 aromatic carbocycles. The summed E-state index contributed by atoms with van der Waals surface area (Å²) < 4.78 is 25.1. The minimum Gasteiger partial charge on any atom is -0.507 e. The molecule has 1 saturated carbocycles. The third-order valence-corrected chi connectivity index (χ3v) is 13.6. The maximum absolute atomic E-state index is 13.6. The zero-order valence-electron chi connectivity index (χ0n) is 32.0. The van der Waals surface area contributed by atoms with Crippen molar-refractivity contribution in [3.8, 4) is 17.2 Å². The number of ether oxygens (including phenoxy) is 4. The monoisotopic (exact) mass is 786 g/mol. The van der Waals surface area contributed by atoms with Gasteiger partial charge < -0.3 is 54.7 Å². The molecular weight excluding hydrogens is 736 g/mol. The summed E-state index contributed by atoms with van der Waals surface area (Å²) in [6.45, 7) is 4.19. The Morgan fingerprint density at radius 3 is 2.54 bits per heavy atom. The fourth-order valence-corrected chi connectivity index (χ4v) is 10.7. The van der Waals surface area contributed by atoms with Crippen LogP contribution in [-0.2, 0) is 20.6 Å². The Bertz CT molecular complexity index is 2140. The first-order valence-electron chi connectivity index (χ1n) is 19.7. The first kappa shape index (κ1) is 39.5. The second kappa shape index (κ2) is 15.1. The van der Waals surface area contributed by atoms with Gasteiger partial charge in [0, 0.05) is 36.0 Å². The van der Waals surface area contributed by atoms with E-state index in [0.29, 0.717) is 32.5 Å². The molecule has 304 valence electrons. The summed E-state index contributed by atoms with van der Waals surface area (Å²) in [6.07, 6.45) is -1.67. The highest BCUT2D eigenvalue weighted by Crippen LogP contribution is 2.63. The number of aromatic carboxylic acids is 1. The van der Waals surface area contributed by atoms with Crippen molar-refractivity contribution >= 4 is 22.5 Å². The van der Waals surface area contributed by atoms with E-state index in [0.717, 1.165) is 40.8 Å². The number of aryl methyl sites for hydroxylation is 1. The van der Waals surface area contributed by atoms with Crippen LogP contribution in [0.2, 0.25) is 0 Å². The van der Waals surface area contributed by atoms with E-state index >= 15 is 0 Å². The number of benzene rings is 3. The normalized spacial score (nSPS) is 32.1. The summed E-state index contributed by atoms with van der Waals surface area (Å²) in [5, 5.41) is 77.9. The lowest BCUT2D eigenvalue weighted by atomic mass is 9.51. The molecule has 0 aromatic heterocycles. The van der Waals surface area contributed by atoms with Gasteiger partial charge in [-0.2, -0.15) is 0 Å². The van der Waals surface area contributed by atoms with Gasteiger partial charge in [-0.05, 0) is 91.2 Å². The Morgan fingerprint density at radius 2 is 1.82 bits per heavy atom. The number of fused-ring (bicyclic) bond motifs is 3. The number of allylic oxidation sites excluding steroid dienone is 2. The average molecular weight is 787 g/mol. The van der Waals surface area contributed by atoms with Gasteiger partial charge >= 0.3 is 5.97 Å². The molecule has 13 nitrogen and oxygen atoms in total. The van der Waals surface area contributed by atoms with Crippen LogP contribution in [0.1, 0.15) is 70.9 Å². The number of hydrogen-bond acceptors (Lipinski definition) is 12. The fraction of sp³-hybridized carbons (Fsp3) is 0.500. The summed E-state index contributed by atoms with van der Waals surface area (Å²) in [6, 6.07) is 11.5. The number of aliphatic hydroxyl groups excluding tert-OH is 4. The molecule has 3 heterocycles. The molecule has 3 aromatic rings. The number of phenols is 2. The van der Waals surface area contributed by atoms with Crippen molar-refractivity contribution in [3.63, 3.8) is 0 Å². The Morgan fingerprint density at radius 1 is 1.05 bits per heavy atom. The van der Waals surface area contributed by atoms with Crippen LogP contribution >= 0.6 is 0 Å². The van der Waals surface area contributed by atoms with E-state index in [1.54, 1.807) is 0 Å². The second-order valence-electron chi connectivity index (χ2n) is 16.4. The standard InChI is InChI=1S/C44H50O13/c1-22-28-18-44(55-20-25-9-10-30(35(25)28)43(13-14-45)21-54-15-12-29(22)43)33(19-46)57-42(39(50)40(44)51)56-32-17-26(41(52)53)16-27-36(32)38(49)34(23(2)37(27)48)31(47)11-8-24-6-4-3-5-7-24/h3-7,10,16-17,22,28-29,33,39-40,42,45-46,48-51H,8-9,11-15,18-21H2,1-2H3,(H,52,53). The topological polar surface area (TPSA) is 213 Å². The maximum atomic E-state index is 13.6. The predicted octanol–water partition coefficient (Wildman–Crippen LogP) is 4.35. The van der Waals surface area contributed by atoms with Crippen molar-refractivity contribution in [2.45, 2.75) is 82.6 Å². The Balaban J connectivity index is 1.13. The molecule has 0 bridgehead atoms. The van der Waals surface area contributed by atoms with Crippen molar-refractivity contribution in [1.82, 2.24) is 0 Å². The molecule has 9 unspecified atom stereocenters. The van der Waals surface area contributed by atoms with Crippen LogP contribution in [0, 0.1) is 30.1 Å². The summed E-state index contributed by atoms with van der Waals surface area (Å²) >= 11 is 0. The van der Waals surface area contributed by atoms with Gasteiger partial charge in [-0.25, -0.2) is 4.79 Å². The SMILES string of the molecule is Cc1c(C(=O)CCc2ccccc2)c(O)c2c(OC3OC(CO)C4(CC5C6=C(CC=C6C6(CCO)COCCC6C5C)CO4)C(O)C3O)cc(C(=O)O)cc2c1O. The number of hydrogen-bond donors (Lipinski definition) is 7. The highest BCUT2D eigenvalue weighted by Gasteiger charge is 2.63. The average Bonchev–Trinajstić information content (AvgIpc) is 3.57. The smallest absolute Gasteiger partial charge is 0.335 e. The predicted molar refractivity (Wildman–Crippen MR) is 205 cm³/mol. The number of ketones is 1. The third-order valence-electron chi connectivity index (χ3n) is 13.6. The van der Waals surface area contributed by atoms with E-state index in [9.17, 15) is 45.3 Å². The quantitative estimate of drug-likeness (QED) is 0.113. The number of rotatable bonds is 10. The summed E-state index contributed by atoms with van der Waals surface area (Å²) in [4.78, 5) is 25.9. The maximum Gasteiger partial charge on any atom is 0.335 e. The fourth-order valence-electron chi connectivity index (χ4n) is 10.7. The first-order chi connectivity index (χ1) is 27.4. The number of Topliss-reactive ketones (excluding diaryl/α,β-unsaturated/α-hetero) is 1. The van der Waals surface area contributed by atoms with E-state index in [4.69, 9.17) is 18.9 Å². The van der Waals surface area contributed by atoms with Gasteiger partial charge in [0.2, 0.25) is 6.29 Å². The van der Waals surface area contributed by atoms with Gasteiger partial charge in [0.25, 0.3) is 0 Å². The molecule has 0 amide bonds. The minimum atomic E-state index is -1.80. The van der Waals surface area contributed by atoms with Crippen LogP contribution in [0.5, 0.6) is 17.2 Å². The zero-order chi connectivity index (χ0) is 40.4. The van der Waals surface area contributed by atoms with Crippen molar-refractivity contribution in [2.24, 2.45) is 23.2 Å². The number of phenolic OH excluding ortho intramolecular Hbond substituents is 2. The van der Waals surface area contributed by atoms with E-state index in [1.165, 1.54) is 6.92 Å². The lowest BCUT2D eigenvalue weighted by Gasteiger charge is -2.57. The van der Waals surface area contributed by atoms with E-state index < -0.39 is 60.1 Å². The van der Waals surface area contributed by atoms with E-state index in [2.05, 4.69) is 13.0 Å².